The number of hydrogen-bond acceptors (Lipinski definition) is 8. The third-order valence-corrected chi connectivity index (χ3v) is 1.48. The van der Waals surface area contributed by atoms with E-state index in [1.165, 1.54) is 0 Å². The normalized spacial score (nSPS) is 8.84. The summed E-state index contributed by atoms with van der Waals surface area (Å²) < 4.78 is 8.82. The second-order valence-corrected chi connectivity index (χ2v) is 2.75. The van der Waals surface area contributed by atoms with E-state index in [4.69, 9.17) is 21.7 Å². The second kappa shape index (κ2) is 6.61. The lowest BCUT2D eigenvalue weighted by molar-refractivity contribution is 0.0679. The number of nitrogens with zero attached hydrogens (tertiary/aromatic N) is 2. The summed E-state index contributed by atoms with van der Waals surface area (Å²) in [6.45, 7) is 0. The highest BCUT2D eigenvalue weighted by molar-refractivity contribution is 5.85. The van der Waals surface area contributed by atoms with Crippen LogP contribution in [0.3, 0.4) is 0 Å². The van der Waals surface area contributed by atoms with E-state index in [9.17, 15) is 9.59 Å². The van der Waals surface area contributed by atoms with Crippen molar-refractivity contribution in [3.63, 3.8) is 0 Å². The van der Waals surface area contributed by atoms with Crippen molar-refractivity contribution in [1.29, 1.82) is 0 Å². The maximum atomic E-state index is 10.0. The van der Waals surface area contributed by atoms with Gasteiger partial charge in [-0.3, -0.25) is 0 Å². The van der Waals surface area contributed by atoms with Crippen molar-refractivity contribution in [2.75, 3.05) is 11.5 Å². The molecule has 2 aromatic heterocycles. The first-order valence-corrected chi connectivity index (χ1v) is 4.28. The van der Waals surface area contributed by atoms with Gasteiger partial charge in [-0.25, -0.2) is 9.59 Å². The van der Waals surface area contributed by atoms with Gasteiger partial charge in [0.05, 0.1) is 0 Å². The van der Waals surface area contributed by atoms with Crippen LogP contribution in [0.15, 0.2) is 21.4 Å². The number of nitrogens with two attached hydrogens (primary N) is 2. The molecule has 2 heterocycles. The number of carboxylic acids is 2. The molecule has 0 spiro atoms. The fourth-order valence-corrected chi connectivity index (χ4v) is 0.772. The fraction of sp³-hybridized carbons (Fsp3) is 0. The topological polar surface area (TPSA) is 210 Å². The van der Waals surface area contributed by atoms with Gasteiger partial charge in [-0.2, -0.15) is 9.97 Å². The molecule has 11 heteroatoms. The summed E-state index contributed by atoms with van der Waals surface area (Å²) >= 11 is 0. The third kappa shape index (κ3) is 4.74. The molecule has 0 aliphatic carbocycles. The maximum absolute atomic E-state index is 10.0. The first-order chi connectivity index (χ1) is 8.40. The Morgan fingerprint density at radius 2 is 1.26 bits per heavy atom. The minimum atomic E-state index is -1.14. The number of oxazole rings is 2. The molecule has 0 radical (unpaired) electrons. The number of aromatic carboxylic acids is 2. The van der Waals surface area contributed by atoms with Gasteiger partial charge in [-0.1, -0.05) is 0 Å². The van der Waals surface area contributed by atoms with Crippen LogP contribution in [-0.2, 0) is 0 Å². The first kappa shape index (κ1) is 15.9. The van der Waals surface area contributed by atoms with Gasteiger partial charge in [-0.05, 0) is 0 Å². The number of carbonyl (C=O) groups is 2. The summed E-state index contributed by atoms with van der Waals surface area (Å²) in [5, 5.41) is 16.4. The Balaban J connectivity index is 0.000000324. The van der Waals surface area contributed by atoms with E-state index in [2.05, 4.69) is 18.8 Å². The standard InChI is InChI=1S/2C4H4N2O3.H2O/c2*5-4-6-2(1-9-4)3(7)8;/h2*1H,(H2,5,6)(H,7,8);1H2. The zero-order valence-electron chi connectivity index (χ0n) is 9.23. The van der Waals surface area contributed by atoms with E-state index in [1.807, 2.05) is 0 Å². The maximum Gasteiger partial charge on any atom is 0.357 e. The lowest BCUT2D eigenvalue weighted by atomic mass is 10.5. The number of anilines is 2. The summed E-state index contributed by atoms with van der Waals surface area (Å²) in [6.07, 6.45) is 1.97. The number of nitrogen functional groups attached to an aromatic ring is 2. The highest BCUT2D eigenvalue weighted by Crippen LogP contribution is 2.01. The molecule has 0 saturated heterocycles. The molecule has 11 nitrogen and oxygen atoms in total. The van der Waals surface area contributed by atoms with Gasteiger partial charge in [0.1, 0.15) is 12.5 Å². The molecule has 0 bridgehead atoms. The largest absolute Gasteiger partial charge is 0.476 e. The Hall–Kier alpha value is -3.08. The highest BCUT2D eigenvalue weighted by atomic mass is 16.4. The zero-order chi connectivity index (χ0) is 13.7. The van der Waals surface area contributed by atoms with E-state index in [0.29, 0.717) is 0 Å². The Morgan fingerprint density at radius 1 is 0.947 bits per heavy atom. The van der Waals surface area contributed by atoms with E-state index < -0.39 is 11.9 Å². The van der Waals surface area contributed by atoms with Crippen LogP contribution in [0.1, 0.15) is 21.0 Å². The van der Waals surface area contributed by atoms with Crippen LogP contribution in [0.2, 0.25) is 0 Å². The van der Waals surface area contributed by atoms with Crippen LogP contribution in [0.5, 0.6) is 0 Å². The molecule has 0 aromatic carbocycles. The summed E-state index contributed by atoms with van der Waals surface area (Å²) in [6, 6.07) is -0.264. The molecule has 2 rings (SSSR count). The van der Waals surface area contributed by atoms with Gasteiger partial charge >= 0.3 is 11.9 Å². The van der Waals surface area contributed by atoms with Gasteiger partial charge < -0.3 is 36.0 Å². The van der Waals surface area contributed by atoms with Crippen molar-refractivity contribution in [3.05, 3.63) is 23.9 Å². The Labute approximate surface area is 104 Å². The Morgan fingerprint density at radius 3 is 1.37 bits per heavy atom. The second-order valence-electron chi connectivity index (χ2n) is 2.75. The van der Waals surface area contributed by atoms with Crippen LogP contribution < -0.4 is 11.5 Å². The zero-order valence-corrected chi connectivity index (χ0v) is 9.23. The van der Waals surface area contributed by atoms with Crippen LogP contribution in [0.4, 0.5) is 12.0 Å². The summed E-state index contributed by atoms with van der Waals surface area (Å²) in [5.74, 6) is -2.29. The smallest absolute Gasteiger partial charge is 0.357 e. The quantitative estimate of drug-likeness (QED) is 0.528. The number of aromatic nitrogens is 2. The molecule has 0 unspecified atom stereocenters. The minimum Gasteiger partial charge on any atom is -0.476 e. The van der Waals surface area contributed by atoms with Crippen molar-refractivity contribution >= 4 is 24.0 Å². The van der Waals surface area contributed by atoms with Crippen molar-refractivity contribution in [2.24, 2.45) is 0 Å². The van der Waals surface area contributed by atoms with Crippen LogP contribution in [-0.4, -0.2) is 37.6 Å². The molecule has 0 fully saturated rings. The first-order valence-electron chi connectivity index (χ1n) is 4.28. The minimum absolute atomic E-state index is 0. The van der Waals surface area contributed by atoms with Crippen molar-refractivity contribution < 1.29 is 34.1 Å². The number of carboxylic acid groups (broad SMARTS) is 2. The number of rotatable bonds is 2. The molecular formula is C8H10N4O7. The number of hydrogen-bond donors (Lipinski definition) is 4. The monoisotopic (exact) mass is 274 g/mol. The molecule has 0 aliphatic heterocycles. The lowest BCUT2D eigenvalue weighted by Crippen LogP contribution is -1.96. The van der Waals surface area contributed by atoms with Gasteiger partial charge in [0.15, 0.2) is 11.4 Å². The molecule has 19 heavy (non-hydrogen) atoms. The van der Waals surface area contributed by atoms with E-state index in [1.54, 1.807) is 0 Å². The van der Waals surface area contributed by atoms with Gasteiger partial charge in [-0.15, -0.1) is 0 Å². The van der Waals surface area contributed by atoms with Crippen molar-refractivity contribution in [1.82, 2.24) is 9.97 Å². The predicted molar refractivity (Wildman–Crippen MR) is 59.4 cm³/mol. The fourth-order valence-electron chi connectivity index (χ4n) is 0.772. The summed E-state index contributed by atoms with van der Waals surface area (Å²) in [5.41, 5.74) is 9.60. The SMILES string of the molecule is Nc1nc(C(=O)O)co1.Nc1nc(C(=O)O)co1.O. The van der Waals surface area contributed by atoms with Crippen molar-refractivity contribution in [2.45, 2.75) is 0 Å². The molecule has 2 aromatic rings. The van der Waals surface area contributed by atoms with Gasteiger partial charge in [0.25, 0.3) is 12.0 Å². The van der Waals surface area contributed by atoms with Crippen LogP contribution in [0.25, 0.3) is 0 Å². The van der Waals surface area contributed by atoms with Gasteiger partial charge in [0, 0.05) is 0 Å². The van der Waals surface area contributed by atoms with Crippen molar-refractivity contribution in [3.8, 4) is 0 Å². The average Bonchev–Trinajstić information content (AvgIpc) is 2.88. The molecule has 0 atom stereocenters. The molecule has 8 N–H and O–H groups in total. The highest BCUT2D eigenvalue weighted by Gasteiger charge is 2.07. The average molecular weight is 274 g/mol. The van der Waals surface area contributed by atoms with Crippen LogP contribution in [0, 0.1) is 0 Å². The predicted octanol–water partition coefficient (Wildman–Crippen LogP) is -0.915. The summed E-state index contributed by atoms with van der Waals surface area (Å²) in [7, 11) is 0. The van der Waals surface area contributed by atoms with E-state index in [-0.39, 0.29) is 28.9 Å². The Kier molecular flexibility index (Phi) is 5.53. The third-order valence-electron chi connectivity index (χ3n) is 1.48. The molecular weight excluding hydrogens is 264 g/mol. The van der Waals surface area contributed by atoms with E-state index >= 15 is 0 Å². The molecule has 0 saturated carbocycles. The Bertz CT molecular complexity index is 511. The lowest BCUT2D eigenvalue weighted by Gasteiger charge is -1.76. The van der Waals surface area contributed by atoms with Gasteiger partial charge in [0.2, 0.25) is 0 Å². The van der Waals surface area contributed by atoms with E-state index in [0.717, 1.165) is 12.5 Å². The molecule has 0 aliphatic rings. The van der Waals surface area contributed by atoms with Crippen LogP contribution >= 0.6 is 0 Å². The molecule has 0 amide bonds. The summed E-state index contributed by atoms with van der Waals surface area (Å²) in [4.78, 5) is 26.7. The molecule has 104 valence electrons.